The van der Waals surface area contributed by atoms with Crippen molar-refractivity contribution in [2.75, 3.05) is 13.7 Å². The zero-order chi connectivity index (χ0) is 23.3. The van der Waals surface area contributed by atoms with Crippen LogP contribution in [0, 0.1) is 17.6 Å². The number of hydrogen-bond donors (Lipinski definition) is 1. The van der Waals surface area contributed by atoms with Crippen LogP contribution in [0.2, 0.25) is 0 Å². The molecule has 8 heteroatoms. The highest BCUT2D eigenvalue weighted by Crippen LogP contribution is 2.29. The summed E-state index contributed by atoms with van der Waals surface area (Å²) in [6, 6.07) is 3.18. The monoisotopic (exact) mass is 441 g/mol. The highest BCUT2D eigenvalue weighted by molar-refractivity contribution is 5.81. The Labute approximate surface area is 182 Å². The van der Waals surface area contributed by atoms with Gasteiger partial charge in [-0.05, 0) is 52.2 Å². The van der Waals surface area contributed by atoms with Crippen LogP contribution in [0.25, 0.3) is 0 Å². The quantitative estimate of drug-likeness (QED) is 0.663. The lowest BCUT2D eigenvalue weighted by atomic mass is 9.89. The number of rotatable bonds is 8. The van der Waals surface area contributed by atoms with Crippen LogP contribution in [0.3, 0.4) is 0 Å². The van der Waals surface area contributed by atoms with Crippen molar-refractivity contribution in [1.82, 2.24) is 4.90 Å². The van der Waals surface area contributed by atoms with Crippen LogP contribution >= 0.6 is 0 Å². The number of β-amino-alcohol motifs (C(OH)–C–C–N with tert-alkyl or cyclic N) is 1. The van der Waals surface area contributed by atoms with Gasteiger partial charge >= 0.3 is 6.09 Å². The van der Waals surface area contributed by atoms with Gasteiger partial charge in [0, 0.05) is 25.0 Å². The predicted molar refractivity (Wildman–Crippen MR) is 112 cm³/mol. The maximum atomic E-state index is 13.8. The molecule has 1 amide bonds. The molecule has 0 spiro atoms. The number of nitrogens with zero attached hydrogens (tertiary/aromatic N) is 1. The first-order chi connectivity index (χ1) is 14.4. The van der Waals surface area contributed by atoms with Gasteiger partial charge < -0.3 is 14.6 Å². The van der Waals surface area contributed by atoms with Crippen LogP contribution in [0.4, 0.5) is 13.6 Å². The first kappa shape index (κ1) is 25.2. The Kier molecular flexibility index (Phi) is 8.54. The minimum absolute atomic E-state index is 0.0266. The molecule has 1 heterocycles. The van der Waals surface area contributed by atoms with Crippen LogP contribution in [0.15, 0.2) is 18.2 Å². The highest BCUT2D eigenvalue weighted by atomic mass is 19.1. The van der Waals surface area contributed by atoms with Crippen molar-refractivity contribution in [3.05, 3.63) is 35.4 Å². The number of halogens is 2. The SMILES string of the molecule is CO[C@H]([C@@H](C)C(=O)CCCc1c(F)cccc1F)[C@@H]1C[C@H](O)CN1C(=O)OC(C)(C)C. The van der Waals surface area contributed by atoms with Gasteiger partial charge in [0.2, 0.25) is 0 Å². The van der Waals surface area contributed by atoms with Crippen molar-refractivity contribution in [3.8, 4) is 0 Å². The van der Waals surface area contributed by atoms with E-state index in [1.807, 2.05) is 0 Å². The number of ether oxygens (including phenoxy) is 2. The normalized spacial score (nSPS) is 21.1. The van der Waals surface area contributed by atoms with Gasteiger partial charge in [-0.2, -0.15) is 0 Å². The molecule has 1 aliphatic heterocycles. The lowest BCUT2D eigenvalue weighted by molar-refractivity contribution is -0.128. The zero-order valence-electron chi connectivity index (χ0n) is 18.9. The molecular weight excluding hydrogens is 408 g/mol. The van der Waals surface area contributed by atoms with Gasteiger partial charge in [0.05, 0.1) is 24.8 Å². The molecule has 31 heavy (non-hydrogen) atoms. The third-order valence-corrected chi connectivity index (χ3v) is 5.51. The molecule has 4 atom stereocenters. The van der Waals surface area contributed by atoms with Crippen molar-refractivity contribution in [3.63, 3.8) is 0 Å². The third kappa shape index (κ3) is 6.71. The van der Waals surface area contributed by atoms with E-state index < -0.39 is 47.5 Å². The van der Waals surface area contributed by atoms with Crippen molar-refractivity contribution in [2.24, 2.45) is 5.92 Å². The second kappa shape index (κ2) is 10.5. The Morgan fingerprint density at radius 1 is 1.26 bits per heavy atom. The summed E-state index contributed by atoms with van der Waals surface area (Å²) >= 11 is 0. The second-order valence-electron chi connectivity index (χ2n) is 9.10. The lowest BCUT2D eigenvalue weighted by Gasteiger charge is -2.34. The molecule has 1 fully saturated rings. The van der Waals surface area contributed by atoms with E-state index in [4.69, 9.17) is 9.47 Å². The Morgan fingerprint density at radius 3 is 2.42 bits per heavy atom. The van der Waals surface area contributed by atoms with Crippen molar-refractivity contribution in [1.29, 1.82) is 0 Å². The fourth-order valence-electron chi connectivity index (χ4n) is 4.00. The third-order valence-electron chi connectivity index (χ3n) is 5.51. The van der Waals surface area contributed by atoms with Crippen LogP contribution in [-0.4, -0.2) is 59.4 Å². The number of hydrogen-bond acceptors (Lipinski definition) is 5. The first-order valence-electron chi connectivity index (χ1n) is 10.6. The number of methoxy groups -OCH3 is 1. The number of aliphatic hydroxyl groups is 1. The van der Waals surface area contributed by atoms with Gasteiger partial charge in [-0.15, -0.1) is 0 Å². The second-order valence-corrected chi connectivity index (χ2v) is 9.10. The molecule has 1 aliphatic rings. The van der Waals surface area contributed by atoms with E-state index in [1.165, 1.54) is 30.2 Å². The fourth-order valence-corrected chi connectivity index (χ4v) is 4.00. The molecule has 0 aliphatic carbocycles. The molecule has 1 saturated heterocycles. The highest BCUT2D eigenvalue weighted by Gasteiger charge is 2.44. The molecule has 6 nitrogen and oxygen atoms in total. The molecule has 2 rings (SSSR count). The van der Waals surface area contributed by atoms with Crippen LogP contribution < -0.4 is 0 Å². The molecule has 0 saturated carbocycles. The summed E-state index contributed by atoms with van der Waals surface area (Å²) < 4.78 is 38.6. The average molecular weight is 442 g/mol. The largest absolute Gasteiger partial charge is 0.444 e. The maximum absolute atomic E-state index is 13.8. The van der Waals surface area contributed by atoms with Gasteiger partial charge in [-0.3, -0.25) is 9.69 Å². The summed E-state index contributed by atoms with van der Waals surface area (Å²) in [5, 5.41) is 10.1. The molecule has 174 valence electrons. The number of ketones is 1. The molecule has 0 unspecified atom stereocenters. The van der Waals surface area contributed by atoms with Gasteiger partial charge in [0.15, 0.2) is 0 Å². The van der Waals surface area contributed by atoms with E-state index in [0.717, 1.165) is 0 Å². The summed E-state index contributed by atoms with van der Waals surface area (Å²) in [5.41, 5.74) is -0.720. The van der Waals surface area contributed by atoms with E-state index in [-0.39, 0.29) is 37.2 Å². The van der Waals surface area contributed by atoms with Crippen LogP contribution in [0.1, 0.15) is 52.5 Å². The van der Waals surface area contributed by atoms with Crippen molar-refractivity contribution >= 4 is 11.9 Å². The number of benzene rings is 1. The number of carbonyl (C=O) groups is 2. The van der Waals surface area contributed by atoms with E-state index in [1.54, 1.807) is 27.7 Å². The summed E-state index contributed by atoms with van der Waals surface area (Å²) in [4.78, 5) is 26.8. The minimum Gasteiger partial charge on any atom is -0.444 e. The number of likely N-dealkylation sites (tertiary alicyclic amines) is 1. The van der Waals surface area contributed by atoms with Crippen molar-refractivity contribution in [2.45, 2.75) is 77.2 Å². The molecule has 1 aromatic rings. The minimum atomic E-state index is -0.735. The van der Waals surface area contributed by atoms with Crippen molar-refractivity contribution < 1.29 is 33.0 Å². The topological polar surface area (TPSA) is 76.1 Å². The number of Topliss-reactive ketones (excluding diaryl/α,β-unsaturated/α-hetero) is 1. The number of carbonyl (C=O) groups excluding carboxylic acids is 2. The maximum Gasteiger partial charge on any atom is 0.410 e. The van der Waals surface area contributed by atoms with E-state index >= 15 is 0 Å². The van der Waals surface area contributed by atoms with Gasteiger partial charge in [-0.1, -0.05) is 13.0 Å². The van der Waals surface area contributed by atoms with E-state index in [0.29, 0.717) is 6.42 Å². The average Bonchev–Trinajstić information content (AvgIpc) is 3.04. The van der Waals surface area contributed by atoms with Gasteiger partial charge in [0.25, 0.3) is 0 Å². The number of aliphatic hydroxyl groups excluding tert-OH is 1. The molecule has 1 aromatic carbocycles. The standard InChI is InChI=1S/C23H33F2NO5/c1-14(20(28)11-6-8-16-17(24)9-7-10-18(16)25)21(30-5)19-12-15(27)13-26(19)22(29)31-23(2,3)4/h7,9-10,14-15,19,21,27H,6,8,11-13H2,1-5H3/t14-,15-,19-,21+/m0/s1. The predicted octanol–water partition coefficient (Wildman–Crippen LogP) is 3.88. The molecule has 1 N–H and O–H groups in total. The Bertz CT molecular complexity index is 759. The lowest BCUT2D eigenvalue weighted by Crippen LogP contribution is -2.49. The van der Waals surface area contributed by atoms with Crippen LogP contribution in [-0.2, 0) is 20.7 Å². The molecule has 0 bridgehead atoms. The summed E-state index contributed by atoms with van der Waals surface area (Å²) in [6.07, 6.45) is -1.14. The van der Waals surface area contributed by atoms with Gasteiger partial charge in [0.1, 0.15) is 23.0 Å². The zero-order valence-corrected chi connectivity index (χ0v) is 18.9. The Hall–Kier alpha value is -2.06. The smallest absolute Gasteiger partial charge is 0.410 e. The summed E-state index contributed by atoms with van der Waals surface area (Å²) in [7, 11) is 1.46. The summed E-state index contributed by atoms with van der Waals surface area (Å²) in [6.45, 7) is 7.07. The Morgan fingerprint density at radius 2 is 1.87 bits per heavy atom. The van der Waals surface area contributed by atoms with Gasteiger partial charge in [-0.25, -0.2) is 13.6 Å². The summed E-state index contributed by atoms with van der Waals surface area (Å²) in [5.74, 6) is -1.95. The Balaban J connectivity index is 2.02. The van der Waals surface area contributed by atoms with E-state index in [2.05, 4.69) is 0 Å². The first-order valence-corrected chi connectivity index (χ1v) is 10.6. The van der Waals surface area contributed by atoms with Crippen LogP contribution in [0.5, 0.6) is 0 Å². The molecule has 0 aromatic heterocycles. The van der Waals surface area contributed by atoms with E-state index in [9.17, 15) is 23.5 Å². The number of amides is 1. The molecular formula is C23H33F2NO5. The fraction of sp³-hybridized carbons (Fsp3) is 0.652. The molecule has 0 radical (unpaired) electrons.